The van der Waals surface area contributed by atoms with Crippen molar-refractivity contribution in [2.24, 2.45) is 10.7 Å². The van der Waals surface area contributed by atoms with E-state index >= 15 is 0 Å². The molecule has 3 aliphatic rings. The molecule has 0 atom stereocenters. The zero-order valence-corrected chi connectivity index (χ0v) is 11.5. The van der Waals surface area contributed by atoms with Gasteiger partial charge in [0.15, 0.2) is 5.96 Å². The van der Waals surface area contributed by atoms with Crippen molar-refractivity contribution in [3.63, 3.8) is 0 Å². The summed E-state index contributed by atoms with van der Waals surface area (Å²) < 4.78 is 0. The monoisotopic (exact) mass is 249 g/mol. The minimum absolute atomic E-state index is 0.317. The molecular weight excluding hydrogens is 222 g/mol. The van der Waals surface area contributed by atoms with E-state index in [9.17, 15) is 0 Å². The molecular formula is C15H27N3. The zero-order chi connectivity index (χ0) is 12.4. The summed E-state index contributed by atoms with van der Waals surface area (Å²) in [7, 11) is 0. The predicted octanol–water partition coefficient (Wildman–Crippen LogP) is 3.04. The Hall–Kier alpha value is -0.730. The molecule has 1 spiro atoms. The second kappa shape index (κ2) is 5.10. The van der Waals surface area contributed by atoms with Crippen LogP contribution in [-0.4, -0.2) is 29.0 Å². The van der Waals surface area contributed by atoms with Gasteiger partial charge in [-0.2, -0.15) is 0 Å². The van der Waals surface area contributed by atoms with Crippen molar-refractivity contribution < 1.29 is 0 Å². The van der Waals surface area contributed by atoms with Crippen LogP contribution in [0.5, 0.6) is 0 Å². The third-order valence-corrected chi connectivity index (χ3v) is 5.27. The highest BCUT2D eigenvalue weighted by molar-refractivity contribution is 5.81. The van der Waals surface area contributed by atoms with Crippen LogP contribution in [0.1, 0.15) is 70.6 Å². The molecule has 18 heavy (non-hydrogen) atoms. The largest absolute Gasteiger partial charge is 0.370 e. The molecule has 2 saturated carbocycles. The number of rotatable bonds is 1. The maximum Gasteiger partial charge on any atom is 0.192 e. The normalized spacial score (nSPS) is 29.3. The first-order valence-electron chi connectivity index (χ1n) is 7.91. The summed E-state index contributed by atoms with van der Waals surface area (Å²) in [6.45, 7) is 0.968. The predicted molar refractivity (Wildman–Crippen MR) is 75.6 cm³/mol. The van der Waals surface area contributed by atoms with E-state index in [1.165, 1.54) is 70.6 Å². The molecule has 0 saturated heterocycles. The van der Waals surface area contributed by atoms with Gasteiger partial charge in [-0.25, -0.2) is 0 Å². The first kappa shape index (κ1) is 12.3. The Bertz CT molecular complexity index is 310. The van der Waals surface area contributed by atoms with Gasteiger partial charge in [0.05, 0.1) is 12.1 Å². The molecule has 1 heterocycles. The molecule has 102 valence electrons. The molecule has 3 rings (SSSR count). The fraction of sp³-hybridized carbons (Fsp3) is 0.933. The van der Waals surface area contributed by atoms with E-state index in [0.29, 0.717) is 11.6 Å². The molecule has 0 radical (unpaired) electrons. The third kappa shape index (κ3) is 2.12. The standard InChI is InChI=1S/C15H27N3/c16-14-17-12-15(10-6-3-7-11-15)18(14)13-8-4-1-2-5-9-13/h13H,1-12H2,(H2,16,17). The summed E-state index contributed by atoms with van der Waals surface area (Å²) >= 11 is 0. The van der Waals surface area contributed by atoms with Gasteiger partial charge < -0.3 is 10.6 Å². The van der Waals surface area contributed by atoms with Gasteiger partial charge in [0.25, 0.3) is 0 Å². The van der Waals surface area contributed by atoms with E-state index < -0.39 is 0 Å². The van der Waals surface area contributed by atoms with Crippen molar-refractivity contribution in [1.29, 1.82) is 0 Å². The highest BCUT2D eigenvalue weighted by Gasteiger charge is 2.45. The van der Waals surface area contributed by atoms with E-state index in [1.54, 1.807) is 0 Å². The van der Waals surface area contributed by atoms with Crippen molar-refractivity contribution in [2.45, 2.75) is 82.2 Å². The van der Waals surface area contributed by atoms with Crippen molar-refractivity contribution in [2.75, 3.05) is 6.54 Å². The van der Waals surface area contributed by atoms with Crippen molar-refractivity contribution in [3.05, 3.63) is 0 Å². The Labute approximate surface area is 111 Å². The summed E-state index contributed by atoms with van der Waals surface area (Å²) in [5.41, 5.74) is 6.56. The lowest BCUT2D eigenvalue weighted by atomic mass is 9.79. The molecule has 1 aliphatic heterocycles. The number of nitrogens with zero attached hydrogens (tertiary/aromatic N) is 2. The van der Waals surface area contributed by atoms with Crippen LogP contribution >= 0.6 is 0 Å². The number of hydrogen-bond acceptors (Lipinski definition) is 3. The average molecular weight is 249 g/mol. The lowest BCUT2D eigenvalue weighted by Crippen LogP contribution is -2.57. The van der Waals surface area contributed by atoms with E-state index in [0.717, 1.165) is 12.5 Å². The Morgan fingerprint density at radius 3 is 2.22 bits per heavy atom. The summed E-state index contributed by atoms with van der Waals surface area (Å²) in [5, 5.41) is 0. The topological polar surface area (TPSA) is 41.6 Å². The highest BCUT2D eigenvalue weighted by Crippen LogP contribution is 2.40. The van der Waals surface area contributed by atoms with Gasteiger partial charge in [0.1, 0.15) is 0 Å². The smallest absolute Gasteiger partial charge is 0.192 e. The van der Waals surface area contributed by atoms with Gasteiger partial charge in [0.2, 0.25) is 0 Å². The first-order valence-corrected chi connectivity index (χ1v) is 7.91. The van der Waals surface area contributed by atoms with Crippen LogP contribution in [-0.2, 0) is 0 Å². The fourth-order valence-corrected chi connectivity index (χ4v) is 4.32. The molecule has 3 heteroatoms. The van der Waals surface area contributed by atoms with Crippen LogP contribution in [0.25, 0.3) is 0 Å². The molecule has 0 amide bonds. The third-order valence-electron chi connectivity index (χ3n) is 5.27. The molecule has 2 fully saturated rings. The lowest BCUT2D eigenvalue weighted by Gasteiger charge is -2.46. The zero-order valence-electron chi connectivity index (χ0n) is 11.5. The summed E-state index contributed by atoms with van der Waals surface area (Å²) in [5.74, 6) is 0.851. The Morgan fingerprint density at radius 2 is 1.56 bits per heavy atom. The van der Waals surface area contributed by atoms with Crippen molar-refractivity contribution >= 4 is 5.96 Å². The maximum absolute atomic E-state index is 6.24. The summed E-state index contributed by atoms with van der Waals surface area (Å²) in [6, 6.07) is 0.678. The van der Waals surface area contributed by atoms with Gasteiger partial charge in [-0.3, -0.25) is 4.99 Å². The van der Waals surface area contributed by atoms with Crippen LogP contribution in [0, 0.1) is 0 Å². The quantitative estimate of drug-likeness (QED) is 0.726. The van der Waals surface area contributed by atoms with E-state index in [1.807, 2.05) is 0 Å². The summed E-state index contributed by atoms with van der Waals surface area (Å²) in [4.78, 5) is 7.19. The van der Waals surface area contributed by atoms with Crippen molar-refractivity contribution in [3.8, 4) is 0 Å². The molecule has 0 aromatic rings. The molecule has 0 aromatic carbocycles. The fourth-order valence-electron chi connectivity index (χ4n) is 4.32. The maximum atomic E-state index is 6.24. The van der Waals surface area contributed by atoms with Gasteiger partial charge >= 0.3 is 0 Å². The molecule has 0 unspecified atom stereocenters. The SMILES string of the molecule is NC1=NCC2(CCCCC2)N1C1CCCCCC1. The minimum atomic E-state index is 0.317. The van der Waals surface area contributed by atoms with Gasteiger partial charge in [-0.15, -0.1) is 0 Å². The van der Waals surface area contributed by atoms with Crippen LogP contribution in [0.3, 0.4) is 0 Å². The van der Waals surface area contributed by atoms with Crippen LogP contribution in [0.2, 0.25) is 0 Å². The Kier molecular flexibility index (Phi) is 3.49. The average Bonchev–Trinajstić information content (AvgIpc) is 2.61. The van der Waals surface area contributed by atoms with E-state index in [2.05, 4.69) is 9.89 Å². The number of aliphatic imine (C=N–C) groups is 1. The molecule has 3 nitrogen and oxygen atoms in total. The Morgan fingerprint density at radius 1 is 0.944 bits per heavy atom. The first-order chi connectivity index (χ1) is 8.82. The summed E-state index contributed by atoms with van der Waals surface area (Å²) in [6.07, 6.45) is 15.0. The number of nitrogens with two attached hydrogens (primary N) is 1. The van der Waals surface area contributed by atoms with Crippen molar-refractivity contribution in [1.82, 2.24) is 4.90 Å². The molecule has 0 aromatic heterocycles. The molecule has 2 N–H and O–H groups in total. The second-order valence-corrected chi connectivity index (χ2v) is 6.47. The van der Waals surface area contributed by atoms with Gasteiger partial charge in [0, 0.05) is 6.04 Å². The Balaban J connectivity index is 1.79. The lowest BCUT2D eigenvalue weighted by molar-refractivity contribution is 0.0950. The van der Waals surface area contributed by atoms with Gasteiger partial charge in [-0.1, -0.05) is 44.9 Å². The van der Waals surface area contributed by atoms with E-state index in [-0.39, 0.29) is 0 Å². The van der Waals surface area contributed by atoms with Gasteiger partial charge in [-0.05, 0) is 25.7 Å². The highest BCUT2D eigenvalue weighted by atomic mass is 15.4. The molecule has 0 bridgehead atoms. The van der Waals surface area contributed by atoms with Crippen LogP contribution in [0.15, 0.2) is 4.99 Å². The van der Waals surface area contributed by atoms with Crippen LogP contribution in [0.4, 0.5) is 0 Å². The number of guanidine groups is 1. The minimum Gasteiger partial charge on any atom is -0.370 e. The second-order valence-electron chi connectivity index (χ2n) is 6.47. The van der Waals surface area contributed by atoms with E-state index in [4.69, 9.17) is 5.73 Å². The molecule has 2 aliphatic carbocycles. The van der Waals surface area contributed by atoms with Crippen LogP contribution < -0.4 is 5.73 Å². The number of hydrogen-bond donors (Lipinski definition) is 1.